The van der Waals surface area contributed by atoms with Crippen LogP contribution in [0.25, 0.3) is 0 Å². The molecule has 3 rings (SSSR count). The molecule has 0 aliphatic heterocycles. The van der Waals surface area contributed by atoms with Crippen molar-refractivity contribution in [3.8, 4) is 0 Å². The molecule has 0 aromatic heterocycles. The number of aliphatic carboxylic acids is 1. The summed E-state index contributed by atoms with van der Waals surface area (Å²) in [6, 6.07) is 4.99. The smallest absolute Gasteiger partial charge is 0.326 e. The molecular weight excluding hydrogens is 352 g/mol. The molecule has 5 atom stereocenters. The standard InChI is InChI=1S/C14H14Cl2FNO3S/c15-8-2-1-6(3-9(8)16)5-21-10-4-7-11(14(7,17)22)13(10,18)12(19)20/h1-3,7,10-11,22H,4-5,18H2,(H,19,20)/t7-,10-,11-,13+,14+/m1/s1. The highest BCUT2D eigenvalue weighted by atomic mass is 35.5. The number of ether oxygens (including phenoxy) is 1. The lowest BCUT2D eigenvalue weighted by Crippen LogP contribution is -2.59. The number of halogens is 3. The molecule has 0 spiro atoms. The van der Waals surface area contributed by atoms with E-state index < -0.39 is 34.4 Å². The van der Waals surface area contributed by atoms with Gasteiger partial charge in [0.1, 0.15) is 5.54 Å². The van der Waals surface area contributed by atoms with Crippen LogP contribution in [-0.4, -0.2) is 27.7 Å². The first-order valence-corrected chi connectivity index (χ1v) is 7.88. The second-order valence-corrected chi connectivity index (χ2v) is 7.33. The minimum Gasteiger partial charge on any atom is -0.480 e. The summed E-state index contributed by atoms with van der Waals surface area (Å²) < 4.78 is 19.7. The first-order chi connectivity index (χ1) is 10.2. The van der Waals surface area contributed by atoms with Crippen molar-refractivity contribution in [2.45, 2.75) is 29.7 Å². The molecule has 2 aliphatic rings. The minimum atomic E-state index is -1.82. The molecule has 120 valence electrons. The van der Waals surface area contributed by atoms with Gasteiger partial charge in [0.25, 0.3) is 0 Å². The fourth-order valence-electron chi connectivity index (χ4n) is 3.31. The van der Waals surface area contributed by atoms with E-state index in [0.29, 0.717) is 10.0 Å². The summed E-state index contributed by atoms with van der Waals surface area (Å²) in [7, 11) is 0. The molecule has 0 saturated heterocycles. The molecule has 4 nitrogen and oxygen atoms in total. The van der Waals surface area contributed by atoms with Crippen LogP contribution in [0.1, 0.15) is 12.0 Å². The van der Waals surface area contributed by atoms with Crippen molar-refractivity contribution in [1.29, 1.82) is 0 Å². The van der Waals surface area contributed by atoms with Crippen molar-refractivity contribution < 1.29 is 19.0 Å². The Morgan fingerprint density at radius 2 is 2.18 bits per heavy atom. The Morgan fingerprint density at radius 1 is 1.50 bits per heavy atom. The molecule has 1 aromatic carbocycles. The van der Waals surface area contributed by atoms with Gasteiger partial charge in [-0.05, 0) is 24.1 Å². The normalized spacial score (nSPS) is 39.6. The fourth-order valence-corrected chi connectivity index (χ4v) is 4.20. The molecule has 2 fully saturated rings. The first kappa shape index (κ1) is 16.3. The lowest BCUT2D eigenvalue weighted by atomic mass is 9.91. The summed E-state index contributed by atoms with van der Waals surface area (Å²) in [6.07, 6.45) is -0.542. The van der Waals surface area contributed by atoms with Crippen LogP contribution in [0.4, 0.5) is 4.39 Å². The summed E-state index contributed by atoms with van der Waals surface area (Å²) in [5.74, 6) is -2.59. The van der Waals surface area contributed by atoms with E-state index in [1.54, 1.807) is 18.2 Å². The predicted molar refractivity (Wildman–Crippen MR) is 84.0 cm³/mol. The van der Waals surface area contributed by atoms with E-state index in [2.05, 4.69) is 12.6 Å². The van der Waals surface area contributed by atoms with Gasteiger partial charge in [0, 0.05) is 11.8 Å². The third-order valence-electron chi connectivity index (χ3n) is 4.57. The van der Waals surface area contributed by atoms with Crippen LogP contribution in [0.3, 0.4) is 0 Å². The van der Waals surface area contributed by atoms with Gasteiger partial charge in [-0.25, -0.2) is 4.39 Å². The summed E-state index contributed by atoms with van der Waals surface area (Å²) in [5.41, 5.74) is 4.93. The molecule has 8 heteroatoms. The number of thiol groups is 1. The Labute approximate surface area is 142 Å². The zero-order valence-corrected chi connectivity index (χ0v) is 13.7. The van der Waals surface area contributed by atoms with E-state index >= 15 is 0 Å². The van der Waals surface area contributed by atoms with Crippen molar-refractivity contribution in [2.75, 3.05) is 0 Å². The fraction of sp³-hybridized carbons (Fsp3) is 0.500. The van der Waals surface area contributed by atoms with E-state index in [1.165, 1.54) is 0 Å². The number of carboxylic acid groups (broad SMARTS) is 1. The quantitative estimate of drug-likeness (QED) is 0.717. The maximum atomic E-state index is 14.0. The van der Waals surface area contributed by atoms with Crippen LogP contribution in [-0.2, 0) is 16.1 Å². The number of hydrogen-bond donors (Lipinski definition) is 3. The Hall–Kier alpha value is -0.530. The SMILES string of the molecule is N[C@@]1(C(=O)O)[C@H](OCc2ccc(Cl)c(Cl)c2)C[C@@H]2[C@H]1[C@@]2(F)S. The molecular formula is C14H14Cl2FNO3S. The molecule has 1 aromatic rings. The Morgan fingerprint density at radius 3 is 2.77 bits per heavy atom. The monoisotopic (exact) mass is 365 g/mol. The van der Waals surface area contributed by atoms with E-state index in [-0.39, 0.29) is 13.0 Å². The minimum absolute atomic E-state index is 0.124. The lowest BCUT2D eigenvalue weighted by molar-refractivity contribution is -0.151. The van der Waals surface area contributed by atoms with Gasteiger partial charge in [0.2, 0.25) is 0 Å². The molecule has 22 heavy (non-hydrogen) atoms. The maximum absolute atomic E-state index is 14.0. The van der Waals surface area contributed by atoms with Crippen LogP contribution in [0.5, 0.6) is 0 Å². The third kappa shape index (κ3) is 2.32. The molecule has 0 bridgehead atoms. The number of carboxylic acids is 1. The third-order valence-corrected chi connectivity index (χ3v) is 5.92. The van der Waals surface area contributed by atoms with Gasteiger partial charge in [-0.2, -0.15) is 0 Å². The molecule has 0 radical (unpaired) electrons. The van der Waals surface area contributed by atoms with Gasteiger partial charge in [-0.1, -0.05) is 29.3 Å². The summed E-state index contributed by atoms with van der Waals surface area (Å²) >= 11 is 15.6. The van der Waals surface area contributed by atoms with Crippen LogP contribution in [0.15, 0.2) is 18.2 Å². The Balaban J connectivity index is 1.73. The van der Waals surface area contributed by atoms with Crippen LogP contribution in [0.2, 0.25) is 10.0 Å². The van der Waals surface area contributed by atoms with Crippen LogP contribution in [0, 0.1) is 11.8 Å². The first-order valence-electron chi connectivity index (χ1n) is 6.68. The van der Waals surface area contributed by atoms with Crippen molar-refractivity contribution in [1.82, 2.24) is 0 Å². The average Bonchev–Trinajstić information content (AvgIpc) is 2.82. The molecule has 2 saturated carbocycles. The van der Waals surface area contributed by atoms with Gasteiger partial charge in [0.15, 0.2) is 5.00 Å². The molecule has 2 aliphatic carbocycles. The predicted octanol–water partition coefficient (Wildman–Crippen LogP) is 2.91. The topological polar surface area (TPSA) is 72.6 Å². The highest BCUT2D eigenvalue weighted by Crippen LogP contribution is 2.68. The van der Waals surface area contributed by atoms with Crippen molar-refractivity contribution >= 4 is 41.8 Å². The molecule has 0 unspecified atom stereocenters. The van der Waals surface area contributed by atoms with E-state index in [1.807, 2.05) is 0 Å². The number of hydrogen-bond acceptors (Lipinski definition) is 4. The van der Waals surface area contributed by atoms with Crippen LogP contribution >= 0.6 is 35.8 Å². The highest BCUT2D eigenvalue weighted by molar-refractivity contribution is 7.82. The van der Waals surface area contributed by atoms with Crippen LogP contribution < -0.4 is 5.73 Å². The number of nitrogens with two attached hydrogens (primary N) is 1. The molecule has 0 heterocycles. The number of rotatable bonds is 4. The number of carbonyl (C=O) groups is 1. The van der Waals surface area contributed by atoms with Crippen molar-refractivity contribution in [3.63, 3.8) is 0 Å². The van der Waals surface area contributed by atoms with Gasteiger partial charge >= 0.3 is 5.97 Å². The van der Waals surface area contributed by atoms with Gasteiger partial charge in [-0.15, -0.1) is 12.6 Å². The zero-order chi connectivity index (χ0) is 16.3. The number of alkyl halides is 1. The van der Waals surface area contributed by atoms with E-state index in [0.717, 1.165) is 5.56 Å². The maximum Gasteiger partial charge on any atom is 0.326 e. The lowest BCUT2D eigenvalue weighted by Gasteiger charge is -2.31. The molecule has 3 N–H and O–H groups in total. The summed E-state index contributed by atoms with van der Waals surface area (Å²) in [4.78, 5) is 11.5. The summed E-state index contributed by atoms with van der Waals surface area (Å²) in [6.45, 7) is 0.124. The largest absolute Gasteiger partial charge is 0.480 e. The van der Waals surface area contributed by atoms with Crippen molar-refractivity contribution in [2.24, 2.45) is 17.6 Å². The Kier molecular flexibility index (Phi) is 3.89. The van der Waals surface area contributed by atoms with E-state index in [4.69, 9.17) is 33.7 Å². The van der Waals surface area contributed by atoms with Gasteiger partial charge < -0.3 is 15.6 Å². The van der Waals surface area contributed by atoms with Crippen molar-refractivity contribution in [3.05, 3.63) is 33.8 Å². The van der Waals surface area contributed by atoms with E-state index in [9.17, 15) is 14.3 Å². The number of benzene rings is 1. The molecule has 0 amide bonds. The Bertz CT molecular complexity index is 645. The second-order valence-electron chi connectivity index (χ2n) is 5.83. The number of fused-ring (bicyclic) bond motifs is 1. The average molecular weight is 366 g/mol. The second kappa shape index (κ2) is 5.24. The van der Waals surface area contributed by atoms with Gasteiger partial charge in [0.05, 0.1) is 22.8 Å². The zero-order valence-electron chi connectivity index (χ0n) is 11.3. The van der Waals surface area contributed by atoms with Gasteiger partial charge in [-0.3, -0.25) is 4.79 Å². The highest BCUT2D eigenvalue weighted by Gasteiger charge is 2.80. The summed E-state index contributed by atoms with van der Waals surface area (Å²) in [5, 5.41) is 8.38.